The van der Waals surface area contributed by atoms with E-state index >= 15 is 0 Å². The third-order valence-electron chi connectivity index (χ3n) is 4.98. The third-order valence-corrected chi connectivity index (χ3v) is 4.98. The van der Waals surface area contributed by atoms with Crippen LogP contribution in [-0.2, 0) is 24.4 Å². The van der Waals surface area contributed by atoms with Crippen LogP contribution in [0, 0.1) is 0 Å². The van der Waals surface area contributed by atoms with Crippen molar-refractivity contribution in [3.63, 3.8) is 0 Å². The highest BCUT2D eigenvalue weighted by molar-refractivity contribution is 5.81. The molecule has 174 valence electrons. The van der Waals surface area contributed by atoms with Crippen LogP contribution in [0.5, 0.6) is 17.2 Å². The number of ether oxygens (including phenoxy) is 2. The Morgan fingerprint density at radius 1 is 0.909 bits per heavy atom. The van der Waals surface area contributed by atoms with Gasteiger partial charge in [-0.1, -0.05) is 48.5 Å². The maximum atomic E-state index is 13.2. The predicted molar refractivity (Wildman–Crippen MR) is 117 cm³/mol. The van der Waals surface area contributed by atoms with Gasteiger partial charge >= 0.3 is 12.1 Å². The zero-order valence-corrected chi connectivity index (χ0v) is 18.0. The third kappa shape index (κ3) is 6.90. The first kappa shape index (κ1) is 24.0. The first-order chi connectivity index (χ1) is 15.8. The molecule has 0 spiro atoms. The Balaban J connectivity index is 1.77. The average Bonchev–Trinajstić information content (AvgIpc) is 2.81. The summed E-state index contributed by atoms with van der Waals surface area (Å²) in [6.45, 7) is -0.135. The number of alkyl halides is 3. The zero-order chi connectivity index (χ0) is 23.8. The zero-order valence-electron chi connectivity index (χ0n) is 18.0. The number of aromatic hydroxyl groups is 1. The van der Waals surface area contributed by atoms with Crippen molar-refractivity contribution in [1.29, 1.82) is 0 Å². The molecule has 0 radical (unpaired) electrons. The molecule has 3 aromatic carbocycles. The molecule has 0 saturated carbocycles. The lowest BCUT2D eigenvalue weighted by Crippen LogP contribution is -2.41. The standard InChI is InChI=1S/C25H24F3NO4/c1-32-22-12-9-20(15-23(22)33-17-19-5-3-2-4-6-19)16-29(24(31)25(26,27)28)14-13-18-7-10-21(30)11-8-18/h2-12,15,30H,13-14,16-17H2,1H3. The van der Waals surface area contributed by atoms with Gasteiger partial charge in [-0.2, -0.15) is 13.2 Å². The molecular formula is C25H24F3NO4. The number of methoxy groups -OCH3 is 1. The van der Waals surface area contributed by atoms with Crippen LogP contribution in [0.1, 0.15) is 16.7 Å². The largest absolute Gasteiger partial charge is 0.508 e. The molecule has 3 rings (SSSR count). The highest BCUT2D eigenvalue weighted by Gasteiger charge is 2.42. The van der Waals surface area contributed by atoms with Crippen LogP contribution in [0.15, 0.2) is 72.8 Å². The maximum Gasteiger partial charge on any atom is 0.471 e. The predicted octanol–water partition coefficient (Wildman–Crippen LogP) is 5.11. The maximum absolute atomic E-state index is 13.2. The number of phenolic OH excluding ortho intramolecular Hbond substituents is 1. The Labute approximate surface area is 190 Å². The molecule has 0 aliphatic rings. The van der Waals surface area contributed by atoms with E-state index in [-0.39, 0.29) is 31.9 Å². The lowest BCUT2D eigenvalue weighted by molar-refractivity contribution is -0.186. The lowest BCUT2D eigenvalue weighted by Gasteiger charge is -2.24. The average molecular weight is 459 g/mol. The van der Waals surface area contributed by atoms with Crippen molar-refractivity contribution in [2.45, 2.75) is 25.7 Å². The Kier molecular flexibility index (Phi) is 7.82. The van der Waals surface area contributed by atoms with Crippen molar-refractivity contribution in [2.75, 3.05) is 13.7 Å². The molecule has 0 heterocycles. The van der Waals surface area contributed by atoms with Crippen LogP contribution in [0.25, 0.3) is 0 Å². The second kappa shape index (κ2) is 10.8. The minimum absolute atomic E-state index is 0.0586. The molecular weight excluding hydrogens is 435 g/mol. The molecule has 0 unspecified atom stereocenters. The van der Waals surface area contributed by atoms with Gasteiger partial charge in [0.25, 0.3) is 0 Å². The Hall–Kier alpha value is -3.68. The number of halogens is 3. The monoisotopic (exact) mass is 459 g/mol. The van der Waals surface area contributed by atoms with E-state index < -0.39 is 12.1 Å². The van der Waals surface area contributed by atoms with E-state index in [9.17, 15) is 23.1 Å². The van der Waals surface area contributed by atoms with Gasteiger partial charge in [-0.25, -0.2) is 0 Å². The Morgan fingerprint density at radius 2 is 1.58 bits per heavy atom. The van der Waals surface area contributed by atoms with Crippen molar-refractivity contribution >= 4 is 5.91 Å². The summed E-state index contributed by atoms with van der Waals surface area (Å²) in [4.78, 5) is 12.8. The second-order valence-corrected chi connectivity index (χ2v) is 7.40. The first-order valence-corrected chi connectivity index (χ1v) is 10.2. The molecule has 0 saturated heterocycles. The summed E-state index contributed by atoms with van der Waals surface area (Å²) in [5.41, 5.74) is 2.10. The molecule has 0 aromatic heterocycles. The molecule has 0 aliphatic heterocycles. The van der Waals surface area contributed by atoms with Gasteiger partial charge in [0.15, 0.2) is 11.5 Å². The van der Waals surface area contributed by atoms with Gasteiger partial charge < -0.3 is 19.5 Å². The fourth-order valence-corrected chi connectivity index (χ4v) is 3.25. The molecule has 1 N–H and O–H groups in total. The SMILES string of the molecule is COc1ccc(CN(CCc2ccc(O)cc2)C(=O)C(F)(F)F)cc1OCc1ccccc1. The van der Waals surface area contributed by atoms with E-state index in [4.69, 9.17) is 9.47 Å². The normalized spacial score (nSPS) is 11.2. The molecule has 3 aromatic rings. The summed E-state index contributed by atoms with van der Waals surface area (Å²) < 4.78 is 50.8. The van der Waals surface area contributed by atoms with Gasteiger partial charge in [-0.05, 0) is 47.4 Å². The molecule has 0 atom stereocenters. The van der Waals surface area contributed by atoms with Crippen molar-refractivity contribution < 1.29 is 32.5 Å². The van der Waals surface area contributed by atoms with Crippen molar-refractivity contribution in [3.05, 3.63) is 89.5 Å². The Bertz CT molecular complexity index is 1050. The summed E-state index contributed by atoms with van der Waals surface area (Å²) in [6, 6.07) is 20.3. The molecule has 5 nitrogen and oxygen atoms in total. The number of carbonyl (C=O) groups is 1. The van der Waals surface area contributed by atoms with E-state index in [1.807, 2.05) is 30.3 Å². The molecule has 0 aliphatic carbocycles. The number of rotatable bonds is 9. The highest BCUT2D eigenvalue weighted by atomic mass is 19.4. The topological polar surface area (TPSA) is 59.0 Å². The highest BCUT2D eigenvalue weighted by Crippen LogP contribution is 2.30. The summed E-state index contributed by atoms with van der Waals surface area (Å²) >= 11 is 0. The Morgan fingerprint density at radius 3 is 2.21 bits per heavy atom. The summed E-state index contributed by atoms with van der Waals surface area (Å²) in [5, 5.41) is 9.37. The van der Waals surface area contributed by atoms with Gasteiger partial charge in [0.2, 0.25) is 0 Å². The van der Waals surface area contributed by atoms with Crippen LogP contribution in [0.4, 0.5) is 13.2 Å². The quantitative estimate of drug-likeness (QED) is 0.483. The van der Waals surface area contributed by atoms with Gasteiger partial charge in [0, 0.05) is 13.1 Å². The van der Waals surface area contributed by atoms with Crippen LogP contribution in [-0.4, -0.2) is 35.7 Å². The number of nitrogens with zero attached hydrogens (tertiary/aromatic N) is 1. The molecule has 8 heteroatoms. The number of carbonyl (C=O) groups excluding carboxylic acids is 1. The number of amides is 1. The van der Waals surface area contributed by atoms with Crippen LogP contribution in [0.2, 0.25) is 0 Å². The lowest BCUT2D eigenvalue weighted by atomic mass is 10.1. The van der Waals surface area contributed by atoms with Gasteiger partial charge in [-0.3, -0.25) is 4.79 Å². The smallest absolute Gasteiger partial charge is 0.471 e. The summed E-state index contributed by atoms with van der Waals surface area (Å²) in [5.74, 6) is -1.05. The fourth-order valence-electron chi connectivity index (χ4n) is 3.25. The van der Waals surface area contributed by atoms with Crippen LogP contribution < -0.4 is 9.47 Å². The van der Waals surface area contributed by atoms with Crippen LogP contribution in [0.3, 0.4) is 0 Å². The minimum Gasteiger partial charge on any atom is -0.508 e. The van der Waals surface area contributed by atoms with E-state index in [0.717, 1.165) is 10.5 Å². The summed E-state index contributed by atoms with van der Waals surface area (Å²) in [7, 11) is 1.47. The number of hydrogen-bond donors (Lipinski definition) is 1. The summed E-state index contributed by atoms with van der Waals surface area (Å²) in [6.07, 6.45) is -4.79. The van der Waals surface area contributed by atoms with Crippen molar-refractivity contribution in [3.8, 4) is 17.2 Å². The van der Waals surface area contributed by atoms with Gasteiger partial charge in [0.1, 0.15) is 12.4 Å². The van der Waals surface area contributed by atoms with E-state index in [1.54, 1.807) is 30.3 Å². The van der Waals surface area contributed by atoms with E-state index in [1.165, 1.54) is 19.2 Å². The van der Waals surface area contributed by atoms with E-state index in [0.29, 0.717) is 22.6 Å². The van der Waals surface area contributed by atoms with Crippen LogP contribution >= 0.6 is 0 Å². The number of phenols is 1. The first-order valence-electron chi connectivity index (χ1n) is 10.2. The van der Waals surface area contributed by atoms with E-state index in [2.05, 4.69) is 0 Å². The molecule has 0 bridgehead atoms. The van der Waals surface area contributed by atoms with Crippen molar-refractivity contribution in [1.82, 2.24) is 4.90 Å². The van der Waals surface area contributed by atoms with Gasteiger partial charge in [-0.15, -0.1) is 0 Å². The molecule has 1 amide bonds. The van der Waals surface area contributed by atoms with Crippen molar-refractivity contribution in [2.24, 2.45) is 0 Å². The molecule has 33 heavy (non-hydrogen) atoms. The fraction of sp³-hybridized carbons (Fsp3) is 0.240. The number of hydrogen-bond acceptors (Lipinski definition) is 4. The second-order valence-electron chi connectivity index (χ2n) is 7.40. The van der Waals surface area contributed by atoms with Gasteiger partial charge in [0.05, 0.1) is 7.11 Å². The molecule has 0 fully saturated rings. The minimum atomic E-state index is -4.99. The number of benzene rings is 3.